The fraction of sp³-hybridized carbons (Fsp3) is 0.0625. The lowest BCUT2D eigenvalue weighted by Crippen LogP contribution is -2.31. The molecule has 0 fully saturated rings. The molecule has 0 aromatic heterocycles. The number of rotatable bonds is 9. The highest BCUT2D eigenvalue weighted by atomic mass is 35.5. The highest BCUT2D eigenvalue weighted by Crippen LogP contribution is 2.28. The molecule has 0 saturated heterocycles. The molecule has 2 N–H and O–H groups in total. The maximum atomic E-state index is 13.3. The SMILES string of the molecule is O=C(Nc1ccc(SCCN2C(=O)c3ccccc3C2=O)cc1)/C(=C/c1cccc(Cl)c1Cl)NC(=O)c1ccccc1. The summed E-state index contributed by atoms with van der Waals surface area (Å²) < 4.78 is 0. The Morgan fingerprint density at radius 1 is 0.786 bits per heavy atom. The highest BCUT2D eigenvalue weighted by Gasteiger charge is 2.34. The van der Waals surface area contributed by atoms with Gasteiger partial charge in [-0.25, -0.2) is 0 Å². The summed E-state index contributed by atoms with van der Waals surface area (Å²) in [5.41, 5.74) is 2.19. The molecule has 0 bridgehead atoms. The van der Waals surface area contributed by atoms with Crippen LogP contribution in [0.15, 0.2) is 108 Å². The number of anilines is 1. The van der Waals surface area contributed by atoms with Crippen LogP contribution in [-0.4, -0.2) is 40.8 Å². The number of halogens is 2. The molecule has 7 nitrogen and oxygen atoms in total. The number of thioether (sulfide) groups is 1. The van der Waals surface area contributed by atoms with Crippen LogP contribution in [0.5, 0.6) is 0 Å². The van der Waals surface area contributed by atoms with Crippen LogP contribution in [0.1, 0.15) is 36.6 Å². The number of nitrogens with one attached hydrogen (secondary N) is 2. The molecule has 0 unspecified atom stereocenters. The Morgan fingerprint density at radius 3 is 2.10 bits per heavy atom. The van der Waals surface area contributed by atoms with Crippen LogP contribution in [-0.2, 0) is 4.79 Å². The van der Waals surface area contributed by atoms with Crippen LogP contribution in [0.25, 0.3) is 6.08 Å². The molecule has 210 valence electrons. The smallest absolute Gasteiger partial charge is 0.272 e. The molecular formula is C32H23Cl2N3O4S. The monoisotopic (exact) mass is 615 g/mol. The van der Waals surface area contributed by atoms with E-state index in [0.717, 1.165) is 4.90 Å². The van der Waals surface area contributed by atoms with Gasteiger partial charge in [0.25, 0.3) is 23.6 Å². The number of benzene rings is 4. The second-order valence-corrected chi connectivity index (χ2v) is 11.1. The van der Waals surface area contributed by atoms with Crippen LogP contribution in [0.3, 0.4) is 0 Å². The first-order chi connectivity index (χ1) is 20.3. The van der Waals surface area contributed by atoms with Crippen molar-refractivity contribution in [3.05, 3.63) is 135 Å². The summed E-state index contributed by atoms with van der Waals surface area (Å²) in [6, 6.07) is 27.4. The van der Waals surface area contributed by atoms with Crippen molar-refractivity contribution < 1.29 is 19.2 Å². The van der Waals surface area contributed by atoms with E-state index in [2.05, 4.69) is 10.6 Å². The molecule has 4 aromatic rings. The Labute approximate surface area is 256 Å². The van der Waals surface area contributed by atoms with Crippen molar-refractivity contribution in [3.8, 4) is 0 Å². The first-order valence-corrected chi connectivity index (χ1v) is 14.6. The van der Waals surface area contributed by atoms with Gasteiger partial charge in [0.05, 0.1) is 21.2 Å². The summed E-state index contributed by atoms with van der Waals surface area (Å²) in [6.07, 6.45) is 1.47. The Kier molecular flexibility index (Phi) is 9.07. The van der Waals surface area contributed by atoms with Gasteiger partial charge in [-0.15, -0.1) is 11.8 Å². The zero-order valence-electron chi connectivity index (χ0n) is 22.0. The van der Waals surface area contributed by atoms with Gasteiger partial charge >= 0.3 is 0 Å². The molecule has 5 rings (SSSR count). The molecule has 1 heterocycles. The molecule has 0 aliphatic carbocycles. The lowest BCUT2D eigenvalue weighted by molar-refractivity contribution is -0.113. The molecular weight excluding hydrogens is 593 g/mol. The summed E-state index contributed by atoms with van der Waals surface area (Å²) in [5, 5.41) is 6.04. The number of imide groups is 1. The lowest BCUT2D eigenvalue weighted by atomic mass is 10.1. The van der Waals surface area contributed by atoms with E-state index >= 15 is 0 Å². The number of nitrogens with zero attached hydrogens (tertiary/aromatic N) is 1. The summed E-state index contributed by atoms with van der Waals surface area (Å²) in [5.74, 6) is -1.06. The van der Waals surface area contributed by atoms with Crippen LogP contribution in [0.4, 0.5) is 5.69 Å². The summed E-state index contributed by atoms with van der Waals surface area (Å²) in [6.45, 7) is 0.275. The Bertz CT molecular complexity index is 1670. The van der Waals surface area contributed by atoms with Gasteiger partial charge in [0.2, 0.25) is 0 Å². The third kappa shape index (κ3) is 6.57. The van der Waals surface area contributed by atoms with E-state index in [1.807, 2.05) is 12.1 Å². The fourth-order valence-electron chi connectivity index (χ4n) is 4.26. The highest BCUT2D eigenvalue weighted by molar-refractivity contribution is 7.99. The van der Waals surface area contributed by atoms with E-state index in [-0.39, 0.29) is 29.1 Å². The number of hydrogen-bond donors (Lipinski definition) is 2. The number of carbonyl (C=O) groups excluding carboxylic acids is 4. The van der Waals surface area contributed by atoms with Gasteiger partial charge in [-0.1, -0.05) is 65.7 Å². The first kappa shape index (κ1) is 29.1. The Balaban J connectivity index is 1.24. The zero-order chi connectivity index (χ0) is 29.6. The van der Waals surface area contributed by atoms with Crippen molar-refractivity contribution in [1.82, 2.24) is 10.2 Å². The topological polar surface area (TPSA) is 95.6 Å². The van der Waals surface area contributed by atoms with E-state index in [1.165, 1.54) is 22.7 Å². The van der Waals surface area contributed by atoms with Gasteiger partial charge in [0.1, 0.15) is 5.70 Å². The molecule has 4 aromatic carbocycles. The molecule has 0 saturated carbocycles. The number of amides is 4. The number of carbonyl (C=O) groups is 4. The standard InChI is InChI=1S/C32H23Cl2N3O4S/c33-26-12-6-9-21(28(26)34)19-27(36-29(38)20-7-2-1-3-8-20)30(39)35-22-13-15-23(16-14-22)42-18-17-37-31(40)24-10-4-5-11-25(24)32(37)41/h1-16,19H,17-18H2,(H,35,39)(H,36,38)/b27-19-. The van der Waals surface area contributed by atoms with Crippen LogP contribution >= 0.6 is 35.0 Å². The number of fused-ring (bicyclic) bond motifs is 1. The molecule has 1 aliphatic heterocycles. The molecule has 42 heavy (non-hydrogen) atoms. The predicted octanol–water partition coefficient (Wildman–Crippen LogP) is 6.79. The van der Waals surface area contributed by atoms with E-state index < -0.39 is 11.8 Å². The second kappa shape index (κ2) is 13.1. The van der Waals surface area contributed by atoms with Crippen LogP contribution in [0.2, 0.25) is 10.0 Å². The maximum Gasteiger partial charge on any atom is 0.272 e. The summed E-state index contributed by atoms with van der Waals surface area (Å²) in [7, 11) is 0. The van der Waals surface area contributed by atoms with Crippen molar-refractivity contribution in [2.24, 2.45) is 0 Å². The fourth-order valence-corrected chi connectivity index (χ4v) is 5.46. The van der Waals surface area contributed by atoms with Crippen molar-refractivity contribution >= 4 is 70.4 Å². The second-order valence-electron chi connectivity index (χ2n) is 9.16. The first-order valence-electron chi connectivity index (χ1n) is 12.8. The van der Waals surface area contributed by atoms with E-state index in [4.69, 9.17) is 23.2 Å². The third-order valence-electron chi connectivity index (χ3n) is 6.38. The largest absolute Gasteiger partial charge is 0.321 e. The van der Waals surface area contributed by atoms with Crippen molar-refractivity contribution in [2.45, 2.75) is 4.90 Å². The average Bonchev–Trinajstić information content (AvgIpc) is 3.25. The quantitative estimate of drug-likeness (QED) is 0.123. The Hall–Kier alpha value is -4.37. The predicted molar refractivity (Wildman–Crippen MR) is 166 cm³/mol. The van der Waals surface area contributed by atoms with Crippen molar-refractivity contribution in [2.75, 3.05) is 17.6 Å². The minimum Gasteiger partial charge on any atom is -0.321 e. The summed E-state index contributed by atoms with van der Waals surface area (Å²) >= 11 is 14.0. The Morgan fingerprint density at radius 2 is 1.43 bits per heavy atom. The molecule has 0 radical (unpaired) electrons. The van der Waals surface area contributed by atoms with Crippen molar-refractivity contribution in [1.29, 1.82) is 0 Å². The minimum atomic E-state index is -0.554. The lowest BCUT2D eigenvalue weighted by Gasteiger charge is -2.14. The van der Waals surface area contributed by atoms with Crippen LogP contribution in [0, 0.1) is 0 Å². The van der Waals surface area contributed by atoms with Gasteiger partial charge in [-0.05, 0) is 66.2 Å². The van der Waals surface area contributed by atoms with Gasteiger partial charge in [-0.2, -0.15) is 0 Å². The molecule has 0 spiro atoms. The average molecular weight is 617 g/mol. The van der Waals surface area contributed by atoms with Gasteiger partial charge in [0, 0.05) is 28.4 Å². The van der Waals surface area contributed by atoms with E-state index in [0.29, 0.717) is 38.7 Å². The molecule has 1 aliphatic rings. The molecule has 10 heteroatoms. The molecule has 0 atom stereocenters. The van der Waals surface area contributed by atoms with E-state index in [9.17, 15) is 19.2 Å². The van der Waals surface area contributed by atoms with Crippen molar-refractivity contribution in [3.63, 3.8) is 0 Å². The molecule has 4 amide bonds. The number of hydrogen-bond acceptors (Lipinski definition) is 5. The third-order valence-corrected chi connectivity index (χ3v) is 8.21. The normalized spacial score (nSPS) is 12.7. The van der Waals surface area contributed by atoms with Gasteiger partial charge < -0.3 is 10.6 Å². The van der Waals surface area contributed by atoms with Gasteiger partial charge in [-0.3, -0.25) is 24.1 Å². The van der Waals surface area contributed by atoms with Crippen LogP contribution < -0.4 is 10.6 Å². The van der Waals surface area contributed by atoms with E-state index in [1.54, 1.807) is 84.9 Å². The maximum absolute atomic E-state index is 13.3. The summed E-state index contributed by atoms with van der Waals surface area (Å²) in [4.78, 5) is 53.4. The van der Waals surface area contributed by atoms with Gasteiger partial charge in [0.15, 0.2) is 0 Å². The minimum absolute atomic E-state index is 0.0209. The zero-order valence-corrected chi connectivity index (χ0v) is 24.3.